The van der Waals surface area contributed by atoms with Crippen LogP contribution in [0, 0.1) is 0 Å². The van der Waals surface area contributed by atoms with E-state index in [-0.39, 0.29) is 24.8 Å². The number of para-hydroxylation sites is 1. The van der Waals surface area contributed by atoms with Gasteiger partial charge < -0.3 is 15.0 Å². The minimum atomic E-state index is -0.549. The van der Waals surface area contributed by atoms with Gasteiger partial charge in [-0.15, -0.1) is 0 Å². The molecule has 7 nitrogen and oxygen atoms in total. The molecule has 0 bridgehead atoms. The van der Waals surface area contributed by atoms with Crippen LogP contribution < -0.4 is 10.2 Å². The van der Waals surface area contributed by atoms with Crippen LogP contribution in [0.15, 0.2) is 54.7 Å². The number of H-pyrrole nitrogens is 1. The molecule has 1 aliphatic heterocycles. The molecule has 3 aromatic rings. The first-order chi connectivity index (χ1) is 14.6. The standard InChI is InChI=1S/C23H23N3O4/c1-2-30-23(29)15-7-9-17(10-8-15)26-21(27)13-20(22(26)28)24-12-11-16-14-25-19-6-4-3-5-18(16)19/h3-10,14,20,24-25H,2,11-13H2,1H3. The molecule has 7 heteroatoms. The summed E-state index contributed by atoms with van der Waals surface area (Å²) in [6, 6.07) is 13.8. The molecule has 4 rings (SSSR count). The first-order valence-corrected chi connectivity index (χ1v) is 10.0. The van der Waals surface area contributed by atoms with Gasteiger partial charge in [0, 0.05) is 23.6 Å². The van der Waals surface area contributed by atoms with Crippen LogP contribution in [0.5, 0.6) is 0 Å². The van der Waals surface area contributed by atoms with E-state index in [4.69, 9.17) is 4.74 Å². The maximum absolute atomic E-state index is 12.8. The molecule has 2 heterocycles. The Morgan fingerprint density at radius 1 is 1.17 bits per heavy atom. The summed E-state index contributed by atoms with van der Waals surface area (Å²) in [5, 5.41) is 4.37. The highest BCUT2D eigenvalue weighted by Gasteiger charge is 2.39. The zero-order chi connectivity index (χ0) is 21.1. The van der Waals surface area contributed by atoms with Crippen LogP contribution in [0.4, 0.5) is 5.69 Å². The Kier molecular flexibility index (Phi) is 5.63. The van der Waals surface area contributed by atoms with Crippen molar-refractivity contribution < 1.29 is 19.1 Å². The summed E-state index contributed by atoms with van der Waals surface area (Å²) < 4.78 is 4.96. The molecule has 1 aromatic heterocycles. The number of ether oxygens (including phenoxy) is 1. The van der Waals surface area contributed by atoms with Crippen LogP contribution in [-0.4, -0.2) is 42.0 Å². The number of aromatic amines is 1. The minimum absolute atomic E-state index is 0.117. The average Bonchev–Trinajstić information content (AvgIpc) is 3.29. The fraction of sp³-hybridized carbons (Fsp3) is 0.261. The molecule has 0 radical (unpaired) electrons. The zero-order valence-electron chi connectivity index (χ0n) is 16.7. The van der Waals surface area contributed by atoms with Gasteiger partial charge in [-0.05, 0) is 49.2 Å². The molecule has 0 aliphatic carbocycles. The van der Waals surface area contributed by atoms with E-state index in [1.54, 1.807) is 31.2 Å². The maximum atomic E-state index is 12.8. The molecule has 0 saturated carbocycles. The second kappa shape index (κ2) is 8.51. The lowest BCUT2D eigenvalue weighted by Crippen LogP contribution is -2.39. The van der Waals surface area contributed by atoms with Crippen molar-refractivity contribution in [1.29, 1.82) is 0 Å². The summed E-state index contributed by atoms with van der Waals surface area (Å²) in [6.45, 7) is 2.61. The Labute approximate surface area is 174 Å². The third-order valence-corrected chi connectivity index (χ3v) is 5.24. The quantitative estimate of drug-likeness (QED) is 0.466. The van der Waals surface area contributed by atoms with Crippen molar-refractivity contribution in [2.45, 2.75) is 25.8 Å². The van der Waals surface area contributed by atoms with E-state index in [1.165, 1.54) is 10.5 Å². The maximum Gasteiger partial charge on any atom is 0.338 e. The van der Waals surface area contributed by atoms with E-state index < -0.39 is 12.0 Å². The predicted molar refractivity (Wildman–Crippen MR) is 113 cm³/mol. The van der Waals surface area contributed by atoms with Crippen molar-refractivity contribution >= 4 is 34.4 Å². The Balaban J connectivity index is 1.38. The molecule has 0 spiro atoms. The lowest BCUT2D eigenvalue weighted by Gasteiger charge is -2.16. The highest BCUT2D eigenvalue weighted by molar-refractivity contribution is 6.22. The van der Waals surface area contributed by atoms with Gasteiger partial charge in [-0.2, -0.15) is 0 Å². The molecule has 2 N–H and O–H groups in total. The van der Waals surface area contributed by atoms with Gasteiger partial charge in [-0.25, -0.2) is 9.69 Å². The lowest BCUT2D eigenvalue weighted by atomic mass is 10.1. The smallest absolute Gasteiger partial charge is 0.338 e. The number of hydrogen-bond donors (Lipinski definition) is 2. The Morgan fingerprint density at radius 2 is 1.93 bits per heavy atom. The van der Waals surface area contributed by atoms with Crippen LogP contribution in [-0.2, 0) is 20.7 Å². The highest BCUT2D eigenvalue weighted by Crippen LogP contribution is 2.24. The summed E-state index contributed by atoms with van der Waals surface area (Å²) in [6.07, 6.45) is 2.84. The first-order valence-electron chi connectivity index (χ1n) is 10.0. The second-order valence-electron chi connectivity index (χ2n) is 7.16. The number of rotatable bonds is 7. The van der Waals surface area contributed by atoms with Gasteiger partial charge in [0.15, 0.2) is 0 Å². The molecule has 1 unspecified atom stereocenters. The van der Waals surface area contributed by atoms with Crippen LogP contribution in [0.1, 0.15) is 29.3 Å². The Morgan fingerprint density at radius 3 is 2.70 bits per heavy atom. The van der Waals surface area contributed by atoms with Crippen LogP contribution in [0.2, 0.25) is 0 Å². The fourth-order valence-electron chi connectivity index (χ4n) is 3.74. The fourth-order valence-corrected chi connectivity index (χ4v) is 3.74. The van der Waals surface area contributed by atoms with E-state index in [1.807, 2.05) is 24.4 Å². The van der Waals surface area contributed by atoms with E-state index >= 15 is 0 Å². The number of aromatic nitrogens is 1. The molecule has 154 valence electrons. The molecule has 1 fully saturated rings. The molecule has 2 amide bonds. The number of nitrogens with one attached hydrogen (secondary N) is 2. The molecular formula is C23H23N3O4. The summed E-state index contributed by atoms with van der Waals surface area (Å²) in [4.78, 5) is 41.4. The van der Waals surface area contributed by atoms with Crippen LogP contribution >= 0.6 is 0 Å². The SMILES string of the molecule is CCOC(=O)c1ccc(N2C(=O)CC(NCCc3c[nH]c4ccccc34)C2=O)cc1. The highest BCUT2D eigenvalue weighted by atomic mass is 16.5. The van der Waals surface area contributed by atoms with Crippen LogP contribution in [0.25, 0.3) is 10.9 Å². The third-order valence-electron chi connectivity index (χ3n) is 5.24. The van der Waals surface area contributed by atoms with Gasteiger partial charge in [-0.3, -0.25) is 9.59 Å². The number of benzene rings is 2. The first kappa shape index (κ1) is 19.8. The number of imide groups is 1. The van der Waals surface area contributed by atoms with Gasteiger partial charge in [0.25, 0.3) is 5.91 Å². The van der Waals surface area contributed by atoms with Crippen molar-refractivity contribution in [3.8, 4) is 0 Å². The van der Waals surface area contributed by atoms with Gasteiger partial charge in [-0.1, -0.05) is 18.2 Å². The topological polar surface area (TPSA) is 91.5 Å². The molecular weight excluding hydrogens is 382 g/mol. The van der Waals surface area contributed by atoms with E-state index in [9.17, 15) is 14.4 Å². The van der Waals surface area contributed by atoms with Crippen molar-refractivity contribution in [2.24, 2.45) is 0 Å². The van der Waals surface area contributed by atoms with Crippen LogP contribution in [0.3, 0.4) is 0 Å². The Bertz CT molecular complexity index is 1090. The second-order valence-corrected chi connectivity index (χ2v) is 7.16. The normalized spacial score (nSPS) is 16.4. The largest absolute Gasteiger partial charge is 0.462 e. The number of anilines is 1. The molecule has 1 saturated heterocycles. The molecule has 1 aliphatic rings. The van der Waals surface area contributed by atoms with Gasteiger partial charge in [0.1, 0.15) is 0 Å². The lowest BCUT2D eigenvalue weighted by molar-refractivity contribution is -0.121. The minimum Gasteiger partial charge on any atom is -0.462 e. The summed E-state index contributed by atoms with van der Waals surface area (Å²) in [5.41, 5.74) is 3.09. The van der Waals surface area contributed by atoms with E-state index in [0.29, 0.717) is 17.8 Å². The van der Waals surface area contributed by atoms with Crippen molar-refractivity contribution in [2.75, 3.05) is 18.1 Å². The summed E-state index contributed by atoms with van der Waals surface area (Å²) in [5.74, 6) is -0.962. The molecule has 30 heavy (non-hydrogen) atoms. The average molecular weight is 405 g/mol. The van der Waals surface area contributed by atoms with E-state index in [0.717, 1.165) is 17.3 Å². The van der Waals surface area contributed by atoms with Crippen molar-refractivity contribution in [3.05, 3.63) is 65.9 Å². The number of amides is 2. The summed E-state index contributed by atoms with van der Waals surface area (Å²) >= 11 is 0. The zero-order valence-corrected chi connectivity index (χ0v) is 16.7. The predicted octanol–water partition coefficient (Wildman–Crippen LogP) is 2.81. The number of nitrogens with zero attached hydrogens (tertiary/aromatic N) is 1. The molecule has 2 aromatic carbocycles. The number of carbonyl (C=O) groups excluding carboxylic acids is 3. The number of esters is 1. The number of carbonyl (C=O) groups is 3. The van der Waals surface area contributed by atoms with Crippen molar-refractivity contribution in [1.82, 2.24) is 10.3 Å². The van der Waals surface area contributed by atoms with E-state index in [2.05, 4.69) is 16.4 Å². The van der Waals surface area contributed by atoms with Gasteiger partial charge in [0.2, 0.25) is 5.91 Å². The summed E-state index contributed by atoms with van der Waals surface area (Å²) in [7, 11) is 0. The van der Waals surface area contributed by atoms with Gasteiger partial charge >= 0.3 is 5.97 Å². The molecule has 1 atom stereocenters. The number of hydrogen-bond acceptors (Lipinski definition) is 5. The number of fused-ring (bicyclic) bond motifs is 1. The van der Waals surface area contributed by atoms with Crippen molar-refractivity contribution in [3.63, 3.8) is 0 Å². The Hall–Kier alpha value is -3.45. The monoisotopic (exact) mass is 405 g/mol. The third kappa shape index (κ3) is 3.84. The van der Waals surface area contributed by atoms with Gasteiger partial charge in [0.05, 0.1) is 30.3 Å².